The molecule has 0 N–H and O–H groups in total. The Balaban J connectivity index is 1.12. The van der Waals surface area contributed by atoms with Crippen molar-refractivity contribution in [2.24, 2.45) is 0 Å². The van der Waals surface area contributed by atoms with E-state index in [0.29, 0.717) is 67.6 Å². The molecule has 0 spiro atoms. The van der Waals surface area contributed by atoms with E-state index in [9.17, 15) is 13.2 Å². The summed E-state index contributed by atoms with van der Waals surface area (Å²) < 4.78 is 89.5. The van der Waals surface area contributed by atoms with Crippen LogP contribution in [-0.4, -0.2) is 27.6 Å². The minimum Gasteiger partial charge on any atom is -0.308 e. The van der Waals surface area contributed by atoms with Crippen molar-refractivity contribution in [2.45, 2.75) is 26.2 Å². The number of alkyl halides is 6. The number of hydrogen-bond donors (Lipinski definition) is 0. The van der Waals surface area contributed by atoms with Crippen molar-refractivity contribution < 1.29 is 26.3 Å². The normalized spacial score (nSPS) is 12.0. The molecular formula is C73H50F6N4Si. The van der Waals surface area contributed by atoms with Crippen LogP contribution >= 0.6 is 0 Å². The summed E-state index contributed by atoms with van der Waals surface area (Å²) in [5.41, 5.74) is 6.65. The van der Waals surface area contributed by atoms with Gasteiger partial charge in [0.15, 0.2) is 25.5 Å². The molecule has 11 heteroatoms. The molecule has 0 atom stereocenters. The Morgan fingerprint density at radius 1 is 0.333 bits per heavy atom. The number of nitrogens with zero attached hydrogens (tertiary/aromatic N) is 4. The standard InChI is InChI=1S/C73H50F6N4Si/c1-47-31-36-61(65(41-47)73(77,78)79)54-33-38-63-62-37-32-53(60-39-35-55(42-48(60)2)72(74,75)76)45-67(62)83(68(63)46-54)66-40-34-52(44-64(66)71-81-69(49-19-8-3-9-20-49)80-70(82-71)50-21-10-4-11-22-50)51-23-18-30-59(43-51)84(56-24-12-5-13-25-56,57-26-14-6-15-27-57)58-28-16-7-17-29-58/h3-46H,1-2H3. The van der Waals surface area contributed by atoms with E-state index in [2.05, 4.69) is 109 Å². The lowest BCUT2D eigenvalue weighted by Crippen LogP contribution is -2.74. The first kappa shape index (κ1) is 53.3. The highest BCUT2D eigenvalue weighted by Gasteiger charge is 2.42. The number of halogens is 6. The Bertz CT molecular complexity index is 4430. The Morgan fingerprint density at radius 3 is 1.30 bits per heavy atom. The summed E-state index contributed by atoms with van der Waals surface area (Å²) in [6, 6.07) is 85.5. The summed E-state index contributed by atoms with van der Waals surface area (Å²) in [6.07, 6.45) is -9.20. The Hall–Kier alpha value is -9.97. The van der Waals surface area contributed by atoms with Crippen molar-refractivity contribution in [1.82, 2.24) is 19.5 Å². The second kappa shape index (κ2) is 21.4. The van der Waals surface area contributed by atoms with Crippen molar-refractivity contribution in [1.29, 1.82) is 0 Å². The van der Waals surface area contributed by atoms with Crippen LogP contribution in [0, 0.1) is 13.8 Å². The quantitative estimate of drug-likeness (QED) is 0.0736. The van der Waals surface area contributed by atoms with Gasteiger partial charge in [-0.3, -0.25) is 0 Å². The zero-order chi connectivity index (χ0) is 57.7. The molecule has 13 aromatic rings. The minimum absolute atomic E-state index is 0.0157. The van der Waals surface area contributed by atoms with Crippen molar-refractivity contribution in [3.05, 3.63) is 289 Å². The third kappa shape index (κ3) is 9.75. The molecule has 0 radical (unpaired) electrons. The van der Waals surface area contributed by atoms with E-state index in [-0.39, 0.29) is 5.56 Å². The van der Waals surface area contributed by atoms with Gasteiger partial charge < -0.3 is 4.57 Å². The molecule has 11 aromatic carbocycles. The summed E-state index contributed by atoms with van der Waals surface area (Å²) in [5.74, 6) is 1.17. The third-order valence-corrected chi connectivity index (χ3v) is 20.6. The summed E-state index contributed by atoms with van der Waals surface area (Å²) in [5, 5.41) is 6.30. The Kier molecular flexibility index (Phi) is 13.6. The van der Waals surface area contributed by atoms with Crippen LogP contribution in [-0.2, 0) is 12.4 Å². The van der Waals surface area contributed by atoms with E-state index in [0.717, 1.165) is 50.3 Å². The Morgan fingerprint density at radius 2 is 0.786 bits per heavy atom. The van der Waals surface area contributed by atoms with Gasteiger partial charge in [-0.25, -0.2) is 15.0 Å². The molecule has 2 aromatic heterocycles. The van der Waals surface area contributed by atoms with Gasteiger partial charge in [-0.2, -0.15) is 26.3 Å². The van der Waals surface area contributed by atoms with Crippen molar-refractivity contribution in [3.8, 4) is 73.2 Å². The van der Waals surface area contributed by atoms with Crippen LogP contribution in [0.25, 0.3) is 95.0 Å². The number of aromatic nitrogens is 4. The minimum atomic E-state index is -4.66. The SMILES string of the molecule is Cc1ccc(-c2ccc3c4ccc(-c5ccc(C(F)(F)F)cc5C)cc4n(-c4ccc(-c5cccc([Si](c6ccccc6)(c6ccccc6)c6ccccc6)c5)cc4-c4nc(-c5ccccc5)nc(-c5ccccc5)n4)c3c2)c(C(F)(F)F)c1. The fraction of sp³-hybridized carbons (Fsp3) is 0.0548. The number of benzene rings is 11. The van der Waals surface area contributed by atoms with Crippen molar-refractivity contribution in [3.63, 3.8) is 0 Å². The summed E-state index contributed by atoms with van der Waals surface area (Å²) >= 11 is 0. The summed E-state index contributed by atoms with van der Waals surface area (Å²) in [7, 11) is -3.01. The molecule has 0 amide bonds. The molecule has 13 rings (SSSR count). The van der Waals surface area contributed by atoms with Crippen LogP contribution in [0.15, 0.2) is 267 Å². The smallest absolute Gasteiger partial charge is 0.308 e. The summed E-state index contributed by atoms with van der Waals surface area (Å²) in [6.45, 7) is 3.29. The molecule has 0 aliphatic carbocycles. The molecule has 0 saturated carbocycles. The number of hydrogen-bond acceptors (Lipinski definition) is 3. The highest BCUT2D eigenvalue weighted by Crippen LogP contribution is 2.44. The maximum atomic E-state index is 15.1. The van der Waals surface area contributed by atoms with Gasteiger partial charge in [0.05, 0.1) is 27.8 Å². The molecule has 0 aliphatic heterocycles. The van der Waals surface area contributed by atoms with E-state index in [4.69, 9.17) is 15.0 Å². The second-order valence-corrected chi connectivity index (χ2v) is 24.9. The van der Waals surface area contributed by atoms with E-state index >= 15 is 13.2 Å². The number of rotatable bonds is 11. The topological polar surface area (TPSA) is 43.6 Å². The molecular weight excluding hydrogens is 1070 g/mol. The molecule has 0 unspecified atom stereocenters. The van der Waals surface area contributed by atoms with Crippen molar-refractivity contribution >= 4 is 50.6 Å². The maximum absolute atomic E-state index is 15.1. The van der Waals surface area contributed by atoms with Gasteiger partial charge in [0, 0.05) is 27.5 Å². The van der Waals surface area contributed by atoms with E-state index in [1.807, 2.05) is 114 Å². The van der Waals surface area contributed by atoms with Crippen LogP contribution in [0.1, 0.15) is 22.3 Å². The summed E-state index contributed by atoms with van der Waals surface area (Å²) in [4.78, 5) is 15.7. The van der Waals surface area contributed by atoms with Gasteiger partial charge in [-0.15, -0.1) is 0 Å². The van der Waals surface area contributed by atoms with Gasteiger partial charge >= 0.3 is 12.4 Å². The highest BCUT2D eigenvalue weighted by atomic mass is 28.3. The third-order valence-electron chi connectivity index (χ3n) is 15.9. The van der Waals surface area contributed by atoms with Crippen LogP contribution in [0.4, 0.5) is 26.3 Å². The first-order valence-electron chi connectivity index (χ1n) is 27.5. The fourth-order valence-electron chi connectivity index (χ4n) is 11.9. The lowest BCUT2D eigenvalue weighted by Gasteiger charge is -2.34. The molecule has 84 heavy (non-hydrogen) atoms. The molecule has 0 bridgehead atoms. The van der Waals surface area contributed by atoms with Crippen molar-refractivity contribution in [2.75, 3.05) is 0 Å². The van der Waals surface area contributed by atoms with Gasteiger partial charge in [-0.05, 0) is 116 Å². The molecule has 0 aliphatic rings. The number of fused-ring (bicyclic) bond motifs is 3. The van der Waals surface area contributed by atoms with Crippen LogP contribution in [0.2, 0.25) is 0 Å². The first-order chi connectivity index (χ1) is 40.7. The van der Waals surface area contributed by atoms with Crippen LogP contribution in [0.5, 0.6) is 0 Å². The van der Waals surface area contributed by atoms with E-state index in [1.165, 1.54) is 33.8 Å². The predicted octanol–water partition coefficient (Wildman–Crippen LogP) is 17.0. The van der Waals surface area contributed by atoms with Gasteiger partial charge in [0.1, 0.15) is 0 Å². The maximum Gasteiger partial charge on any atom is 0.417 e. The molecule has 408 valence electrons. The van der Waals surface area contributed by atoms with Crippen LogP contribution < -0.4 is 20.7 Å². The van der Waals surface area contributed by atoms with Gasteiger partial charge in [0.2, 0.25) is 0 Å². The lowest BCUT2D eigenvalue weighted by atomic mass is 9.96. The van der Waals surface area contributed by atoms with Crippen LogP contribution in [0.3, 0.4) is 0 Å². The molecule has 2 heterocycles. The van der Waals surface area contributed by atoms with Gasteiger partial charge in [0.25, 0.3) is 0 Å². The number of aryl methyl sites for hydroxylation is 2. The average molecular weight is 1130 g/mol. The predicted molar refractivity (Wildman–Crippen MR) is 330 cm³/mol. The van der Waals surface area contributed by atoms with E-state index in [1.54, 1.807) is 32.0 Å². The zero-order valence-corrected chi connectivity index (χ0v) is 46.5. The zero-order valence-electron chi connectivity index (χ0n) is 45.5. The highest BCUT2D eigenvalue weighted by molar-refractivity contribution is 7.19. The second-order valence-electron chi connectivity index (χ2n) is 21.1. The molecule has 4 nitrogen and oxygen atoms in total. The average Bonchev–Trinajstić information content (AvgIpc) is 2.20. The first-order valence-corrected chi connectivity index (χ1v) is 29.5. The van der Waals surface area contributed by atoms with E-state index < -0.39 is 31.6 Å². The van der Waals surface area contributed by atoms with Gasteiger partial charge in [-0.1, -0.05) is 230 Å². The molecule has 0 saturated heterocycles. The lowest BCUT2D eigenvalue weighted by molar-refractivity contribution is -0.138. The fourth-order valence-corrected chi connectivity index (χ4v) is 16.7. The Labute approximate surface area is 482 Å². The largest absolute Gasteiger partial charge is 0.417 e. The monoisotopic (exact) mass is 1120 g/mol. The molecule has 0 fully saturated rings.